The van der Waals surface area contributed by atoms with Gasteiger partial charge in [-0.3, -0.25) is 0 Å². The molecule has 5 heteroatoms. The summed E-state index contributed by atoms with van der Waals surface area (Å²) in [7, 11) is 0. The summed E-state index contributed by atoms with van der Waals surface area (Å²) in [4.78, 5) is 8.61. The lowest BCUT2D eigenvalue weighted by Crippen LogP contribution is -2.04. The van der Waals surface area contributed by atoms with Crippen molar-refractivity contribution in [1.29, 1.82) is 0 Å². The van der Waals surface area contributed by atoms with Crippen LogP contribution in [-0.4, -0.2) is 15.1 Å². The summed E-state index contributed by atoms with van der Waals surface area (Å²) in [6, 6.07) is 9.50. The van der Waals surface area contributed by atoms with Gasteiger partial charge in [-0.05, 0) is 17.5 Å². The van der Waals surface area contributed by atoms with Gasteiger partial charge < -0.3 is 10.4 Å². The van der Waals surface area contributed by atoms with Gasteiger partial charge in [0.2, 0.25) is 0 Å². The molecule has 0 fully saturated rings. The highest BCUT2D eigenvalue weighted by Crippen LogP contribution is 2.14. The van der Waals surface area contributed by atoms with Crippen LogP contribution in [0.2, 0.25) is 5.15 Å². The molecule has 1 heterocycles. The van der Waals surface area contributed by atoms with E-state index < -0.39 is 0 Å². The number of hydrogen-bond acceptors (Lipinski definition) is 4. The zero-order valence-electron chi connectivity index (χ0n) is 11.4. The average molecular weight is 292 g/mol. The Balaban J connectivity index is 2.02. The fraction of sp³-hybridized carbons (Fsp3) is 0.333. The third-order valence-electron chi connectivity index (χ3n) is 2.89. The maximum absolute atomic E-state index is 9.00. The molecule has 0 atom stereocenters. The minimum atomic E-state index is 0.0651. The van der Waals surface area contributed by atoms with Crippen LogP contribution < -0.4 is 5.32 Å². The molecule has 0 aliphatic rings. The Labute approximate surface area is 123 Å². The number of aryl methyl sites for hydroxylation is 1. The van der Waals surface area contributed by atoms with E-state index in [1.165, 1.54) is 0 Å². The number of rotatable bonds is 6. The van der Waals surface area contributed by atoms with E-state index in [0.29, 0.717) is 11.7 Å². The van der Waals surface area contributed by atoms with Crippen molar-refractivity contribution in [3.8, 4) is 0 Å². The number of aromatic nitrogens is 2. The van der Waals surface area contributed by atoms with E-state index in [1.54, 1.807) is 6.07 Å². The van der Waals surface area contributed by atoms with Gasteiger partial charge in [0, 0.05) is 19.0 Å². The van der Waals surface area contributed by atoms with Crippen LogP contribution in [0.25, 0.3) is 0 Å². The van der Waals surface area contributed by atoms with Gasteiger partial charge in [-0.2, -0.15) is 0 Å². The number of anilines is 1. The zero-order chi connectivity index (χ0) is 14.4. The molecular formula is C15H18ClN3O. The third-order valence-corrected chi connectivity index (χ3v) is 3.09. The lowest BCUT2D eigenvalue weighted by atomic mass is 10.1. The summed E-state index contributed by atoms with van der Waals surface area (Å²) in [6.45, 7) is 2.81. The van der Waals surface area contributed by atoms with Gasteiger partial charge in [0.1, 0.15) is 16.8 Å². The second-order valence-corrected chi connectivity index (χ2v) is 4.96. The summed E-state index contributed by atoms with van der Waals surface area (Å²) >= 11 is 5.99. The predicted octanol–water partition coefficient (Wildman–Crippen LogP) is 3.19. The lowest BCUT2D eigenvalue weighted by molar-refractivity contribution is 0.282. The minimum absolute atomic E-state index is 0.0651. The predicted molar refractivity (Wildman–Crippen MR) is 80.7 cm³/mol. The van der Waals surface area contributed by atoms with E-state index >= 15 is 0 Å². The number of halogens is 1. The van der Waals surface area contributed by atoms with Gasteiger partial charge in [-0.1, -0.05) is 42.8 Å². The van der Waals surface area contributed by atoms with Crippen molar-refractivity contribution >= 4 is 17.4 Å². The molecule has 0 aliphatic heterocycles. The van der Waals surface area contributed by atoms with Crippen molar-refractivity contribution < 1.29 is 5.11 Å². The van der Waals surface area contributed by atoms with Crippen LogP contribution in [0.5, 0.6) is 0 Å². The molecular weight excluding hydrogens is 274 g/mol. The van der Waals surface area contributed by atoms with Crippen LogP contribution in [0.1, 0.15) is 30.3 Å². The van der Waals surface area contributed by atoms with E-state index in [2.05, 4.69) is 22.2 Å². The Morgan fingerprint density at radius 3 is 2.50 bits per heavy atom. The highest BCUT2D eigenvalue weighted by Gasteiger charge is 2.03. The average Bonchev–Trinajstić information content (AvgIpc) is 2.45. The molecule has 1 aromatic heterocycles. The van der Waals surface area contributed by atoms with Crippen LogP contribution >= 0.6 is 11.6 Å². The Morgan fingerprint density at radius 1 is 1.15 bits per heavy atom. The summed E-state index contributed by atoms with van der Waals surface area (Å²) in [5.74, 6) is 1.50. The van der Waals surface area contributed by atoms with Crippen LogP contribution in [0.4, 0.5) is 5.82 Å². The molecule has 2 N–H and O–H groups in total. The van der Waals surface area contributed by atoms with Crippen molar-refractivity contribution in [3.05, 3.63) is 52.4 Å². The quantitative estimate of drug-likeness (QED) is 0.803. The molecule has 0 saturated heterocycles. The van der Waals surface area contributed by atoms with Crippen molar-refractivity contribution in [3.63, 3.8) is 0 Å². The minimum Gasteiger partial charge on any atom is -0.392 e. The molecule has 0 unspecified atom stereocenters. The maximum atomic E-state index is 9.00. The second kappa shape index (κ2) is 7.22. The van der Waals surface area contributed by atoms with Gasteiger partial charge in [0.15, 0.2) is 0 Å². The van der Waals surface area contributed by atoms with Crippen molar-refractivity contribution in [2.45, 2.75) is 32.9 Å². The lowest BCUT2D eigenvalue weighted by Gasteiger charge is -2.08. The van der Waals surface area contributed by atoms with Gasteiger partial charge in [-0.15, -0.1) is 0 Å². The third kappa shape index (κ3) is 4.18. The zero-order valence-corrected chi connectivity index (χ0v) is 12.2. The van der Waals surface area contributed by atoms with E-state index in [1.807, 2.05) is 24.3 Å². The van der Waals surface area contributed by atoms with Gasteiger partial charge in [0.05, 0.1) is 6.61 Å². The normalized spacial score (nSPS) is 10.6. The number of nitrogens with zero attached hydrogens (tertiary/aromatic N) is 2. The number of nitrogens with one attached hydrogen (secondary N) is 1. The molecule has 106 valence electrons. The van der Waals surface area contributed by atoms with Crippen LogP contribution in [0.15, 0.2) is 30.3 Å². The SMILES string of the molecule is CCCc1nc(Cl)cc(NCc2ccc(CO)cc2)n1. The standard InChI is InChI=1S/C15H18ClN3O/c1-2-3-14-18-13(16)8-15(19-14)17-9-11-4-6-12(10-20)7-5-11/h4-8,20H,2-3,9-10H2,1H3,(H,17,18,19). The van der Waals surface area contributed by atoms with Crippen molar-refractivity contribution in [2.24, 2.45) is 0 Å². The molecule has 2 rings (SSSR count). The van der Waals surface area contributed by atoms with E-state index in [-0.39, 0.29) is 6.61 Å². The van der Waals surface area contributed by atoms with Crippen molar-refractivity contribution in [2.75, 3.05) is 5.32 Å². The van der Waals surface area contributed by atoms with Crippen LogP contribution in [-0.2, 0) is 19.6 Å². The smallest absolute Gasteiger partial charge is 0.134 e. The molecule has 20 heavy (non-hydrogen) atoms. The fourth-order valence-corrected chi connectivity index (χ4v) is 2.05. The molecule has 0 saturated carbocycles. The molecule has 4 nitrogen and oxygen atoms in total. The number of aliphatic hydroxyl groups is 1. The maximum Gasteiger partial charge on any atom is 0.134 e. The second-order valence-electron chi connectivity index (χ2n) is 4.57. The van der Waals surface area contributed by atoms with Gasteiger partial charge in [-0.25, -0.2) is 9.97 Å². The van der Waals surface area contributed by atoms with E-state index in [0.717, 1.165) is 35.6 Å². The van der Waals surface area contributed by atoms with E-state index in [4.69, 9.17) is 16.7 Å². The summed E-state index contributed by atoms with van der Waals surface area (Å²) in [6.07, 6.45) is 1.81. The highest BCUT2D eigenvalue weighted by molar-refractivity contribution is 6.29. The summed E-state index contributed by atoms with van der Waals surface area (Å²) in [5, 5.41) is 12.7. The number of benzene rings is 1. The summed E-state index contributed by atoms with van der Waals surface area (Å²) in [5.41, 5.74) is 2.03. The van der Waals surface area contributed by atoms with Gasteiger partial charge >= 0.3 is 0 Å². The first-order valence-corrected chi connectivity index (χ1v) is 7.05. The Morgan fingerprint density at radius 2 is 1.85 bits per heavy atom. The monoisotopic (exact) mass is 291 g/mol. The fourth-order valence-electron chi connectivity index (χ4n) is 1.85. The number of aliphatic hydroxyl groups excluding tert-OH is 1. The highest BCUT2D eigenvalue weighted by atomic mass is 35.5. The topological polar surface area (TPSA) is 58.0 Å². The number of hydrogen-bond donors (Lipinski definition) is 2. The Kier molecular flexibility index (Phi) is 5.32. The first-order valence-electron chi connectivity index (χ1n) is 6.67. The molecule has 0 aliphatic carbocycles. The molecule has 0 radical (unpaired) electrons. The first kappa shape index (κ1) is 14.8. The molecule has 0 bridgehead atoms. The largest absolute Gasteiger partial charge is 0.392 e. The van der Waals surface area contributed by atoms with Crippen LogP contribution in [0.3, 0.4) is 0 Å². The van der Waals surface area contributed by atoms with E-state index in [9.17, 15) is 0 Å². The molecule has 0 spiro atoms. The molecule has 1 aromatic carbocycles. The molecule has 0 amide bonds. The van der Waals surface area contributed by atoms with Crippen molar-refractivity contribution in [1.82, 2.24) is 9.97 Å². The first-order chi connectivity index (χ1) is 9.71. The summed E-state index contributed by atoms with van der Waals surface area (Å²) < 4.78 is 0. The Bertz CT molecular complexity index is 558. The Hall–Kier alpha value is -1.65. The molecule has 2 aromatic rings. The van der Waals surface area contributed by atoms with Crippen LogP contribution in [0, 0.1) is 0 Å². The van der Waals surface area contributed by atoms with Gasteiger partial charge in [0.25, 0.3) is 0 Å².